The molecule has 92 valence electrons. The van der Waals surface area contributed by atoms with Crippen LogP contribution < -0.4 is 10.6 Å². The van der Waals surface area contributed by atoms with E-state index in [2.05, 4.69) is 10.6 Å². The van der Waals surface area contributed by atoms with Crippen molar-refractivity contribution in [2.45, 2.75) is 51.1 Å². The fourth-order valence-electron chi connectivity index (χ4n) is 1.64. The van der Waals surface area contributed by atoms with Crippen molar-refractivity contribution >= 4 is 12.0 Å². The molecule has 1 rings (SSSR count). The SMILES string of the molecule is CCCC(C)(NC(=O)NC1CC1)C(=O)OC. The number of hydrogen-bond acceptors (Lipinski definition) is 3. The normalized spacial score (nSPS) is 18.4. The molecule has 2 N–H and O–H groups in total. The van der Waals surface area contributed by atoms with Crippen LogP contribution in [0.5, 0.6) is 0 Å². The van der Waals surface area contributed by atoms with Gasteiger partial charge in [0.1, 0.15) is 5.54 Å². The van der Waals surface area contributed by atoms with Gasteiger partial charge in [-0.3, -0.25) is 0 Å². The van der Waals surface area contributed by atoms with E-state index >= 15 is 0 Å². The molecular formula is C11H20N2O3. The lowest BCUT2D eigenvalue weighted by atomic mass is 9.96. The van der Waals surface area contributed by atoms with Crippen molar-refractivity contribution in [3.63, 3.8) is 0 Å². The Balaban J connectivity index is 2.53. The molecule has 16 heavy (non-hydrogen) atoms. The van der Waals surface area contributed by atoms with Crippen molar-refractivity contribution in [3.05, 3.63) is 0 Å². The number of amides is 2. The quantitative estimate of drug-likeness (QED) is 0.694. The van der Waals surface area contributed by atoms with E-state index in [1.165, 1.54) is 7.11 Å². The fourth-order valence-corrected chi connectivity index (χ4v) is 1.64. The second kappa shape index (κ2) is 5.18. The van der Waals surface area contributed by atoms with Gasteiger partial charge in [0.25, 0.3) is 0 Å². The number of rotatable bonds is 5. The Labute approximate surface area is 95.9 Å². The Hall–Kier alpha value is -1.26. The molecule has 1 saturated carbocycles. The lowest BCUT2D eigenvalue weighted by molar-refractivity contribution is -0.147. The Morgan fingerprint density at radius 3 is 2.50 bits per heavy atom. The minimum atomic E-state index is -0.928. The van der Waals surface area contributed by atoms with Gasteiger partial charge in [-0.2, -0.15) is 0 Å². The summed E-state index contributed by atoms with van der Waals surface area (Å²) in [5, 5.41) is 5.48. The topological polar surface area (TPSA) is 67.4 Å². The zero-order valence-corrected chi connectivity index (χ0v) is 10.1. The van der Waals surface area contributed by atoms with Gasteiger partial charge in [-0.25, -0.2) is 9.59 Å². The van der Waals surface area contributed by atoms with E-state index in [0.29, 0.717) is 6.42 Å². The molecule has 5 nitrogen and oxygen atoms in total. The van der Waals surface area contributed by atoms with Crippen molar-refractivity contribution in [1.82, 2.24) is 10.6 Å². The molecule has 1 aliphatic rings. The van der Waals surface area contributed by atoms with Crippen molar-refractivity contribution in [1.29, 1.82) is 0 Å². The highest BCUT2D eigenvalue weighted by molar-refractivity contribution is 5.87. The van der Waals surface area contributed by atoms with Gasteiger partial charge in [0.05, 0.1) is 7.11 Å². The molecule has 0 aliphatic heterocycles. The van der Waals surface area contributed by atoms with Crippen LogP contribution in [0.3, 0.4) is 0 Å². The summed E-state index contributed by atoms with van der Waals surface area (Å²) in [7, 11) is 1.33. The van der Waals surface area contributed by atoms with Crippen LogP contribution in [-0.2, 0) is 9.53 Å². The molecule has 1 unspecified atom stereocenters. The number of methoxy groups -OCH3 is 1. The van der Waals surface area contributed by atoms with Crippen molar-refractivity contribution in [2.24, 2.45) is 0 Å². The standard InChI is InChI=1S/C11H20N2O3/c1-4-7-11(2,9(14)16-3)13-10(15)12-8-5-6-8/h8H,4-7H2,1-3H3,(H2,12,13,15). The van der Waals surface area contributed by atoms with E-state index in [4.69, 9.17) is 4.74 Å². The highest BCUT2D eigenvalue weighted by Crippen LogP contribution is 2.19. The highest BCUT2D eigenvalue weighted by atomic mass is 16.5. The lowest BCUT2D eigenvalue weighted by Gasteiger charge is -2.27. The first-order valence-corrected chi connectivity index (χ1v) is 5.69. The van der Waals surface area contributed by atoms with E-state index in [1.54, 1.807) is 6.92 Å². The van der Waals surface area contributed by atoms with Crippen LogP contribution >= 0.6 is 0 Å². The average Bonchev–Trinajstić information content (AvgIpc) is 3.00. The first kappa shape index (κ1) is 12.8. The number of carbonyl (C=O) groups is 2. The summed E-state index contributed by atoms with van der Waals surface area (Å²) in [4.78, 5) is 23.2. The molecule has 0 aromatic rings. The minimum absolute atomic E-state index is 0.281. The number of nitrogens with one attached hydrogen (secondary N) is 2. The molecule has 0 bridgehead atoms. The monoisotopic (exact) mass is 228 g/mol. The molecule has 0 saturated heterocycles. The van der Waals surface area contributed by atoms with Gasteiger partial charge in [-0.1, -0.05) is 13.3 Å². The van der Waals surface area contributed by atoms with E-state index < -0.39 is 11.5 Å². The van der Waals surface area contributed by atoms with Crippen LogP contribution in [0.2, 0.25) is 0 Å². The van der Waals surface area contributed by atoms with E-state index in [1.807, 2.05) is 6.92 Å². The van der Waals surface area contributed by atoms with Crippen LogP contribution in [0.25, 0.3) is 0 Å². The first-order chi connectivity index (χ1) is 7.51. The molecular weight excluding hydrogens is 208 g/mol. The molecule has 5 heteroatoms. The second-order valence-electron chi connectivity index (χ2n) is 4.45. The van der Waals surface area contributed by atoms with Crippen LogP contribution in [0.4, 0.5) is 4.79 Å². The number of ether oxygens (including phenoxy) is 1. The lowest BCUT2D eigenvalue weighted by Crippen LogP contribution is -2.55. The largest absolute Gasteiger partial charge is 0.467 e. The Kier molecular flexibility index (Phi) is 4.15. The van der Waals surface area contributed by atoms with Crippen LogP contribution in [-0.4, -0.2) is 30.7 Å². The van der Waals surface area contributed by atoms with Crippen LogP contribution in [0.1, 0.15) is 39.5 Å². The molecule has 1 atom stereocenters. The molecule has 0 aromatic carbocycles. The van der Waals surface area contributed by atoms with Gasteiger partial charge in [0.2, 0.25) is 0 Å². The fraction of sp³-hybridized carbons (Fsp3) is 0.818. The third-order valence-corrected chi connectivity index (χ3v) is 2.69. The summed E-state index contributed by atoms with van der Waals surface area (Å²) >= 11 is 0. The van der Waals surface area contributed by atoms with Gasteiger partial charge in [0.15, 0.2) is 0 Å². The van der Waals surface area contributed by atoms with Crippen molar-refractivity contribution in [3.8, 4) is 0 Å². The maximum atomic E-state index is 11.6. The predicted octanol–water partition coefficient (Wildman–Crippen LogP) is 1.18. The number of hydrogen-bond donors (Lipinski definition) is 2. The van der Waals surface area contributed by atoms with Crippen molar-refractivity contribution in [2.75, 3.05) is 7.11 Å². The summed E-state index contributed by atoms with van der Waals surface area (Å²) in [5.74, 6) is -0.403. The molecule has 0 aromatic heterocycles. The average molecular weight is 228 g/mol. The Morgan fingerprint density at radius 2 is 2.06 bits per heavy atom. The zero-order valence-electron chi connectivity index (χ0n) is 10.1. The second-order valence-corrected chi connectivity index (χ2v) is 4.45. The molecule has 1 aliphatic carbocycles. The van der Waals surface area contributed by atoms with Gasteiger partial charge in [0, 0.05) is 6.04 Å². The number of carbonyl (C=O) groups excluding carboxylic acids is 2. The van der Waals surface area contributed by atoms with E-state index in [9.17, 15) is 9.59 Å². The molecule has 0 radical (unpaired) electrons. The maximum absolute atomic E-state index is 11.6. The predicted molar refractivity (Wildman–Crippen MR) is 60.0 cm³/mol. The van der Waals surface area contributed by atoms with Gasteiger partial charge in [-0.05, 0) is 26.2 Å². The third kappa shape index (κ3) is 3.40. The summed E-state index contributed by atoms with van der Waals surface area (Å²) < 4.78 is 4.71. The van der Waals surface area contributed by atoms with Gasteiger partial charge < -0.3 is 15.4 Å². The van der Waals surface area contributed by atoms with Gasteiger partial charge >= 0.3 is 12.0 Å². The minimum Gasteiger partial charge on any atom is -0.467 e. The van der Waals surface area contributed by atoms with Crippen molar-refractivity contribution < 1.29 is 14.3 Å². The molecule has 2 amide bonds. The smallest absolute Gasteiger partial charge is 0.331 e. The maximum Gasteiger partial charge on any atom is 0.331 e. The summed E-state index contributed by atoms with van der Waals surface area (Å²) in [5.41, 5.74) is -0.928. The number of esters is 1. The Morgan fingerprint density at radius 1 is 1.44 bits per heavy atom. The molecule has 0 spiro atoms. The highest BCUT2D eigenvalue weighted by Gasteiger charge is 2.36. The van der Waals surface area contributed by atoms with E-state index in [-0.39, 0.29) is 12.1 Å². The van der Waals surface area contributed by atoms with E-state index in [0.717, 1.165) is 19.3 Å². The molecule has 1 fully saturated rings. The van der Waals surface area contributed by atoms with Crippen LogP contribution in [0.15, 0.2) is 0 Å². The number of urea groups is 1. The summed E-state index contributed by atoms with van der Waals surface area (Å²) in [6.45, 7) is 3.65. The third-order valence-electron chi connectivity index (χ3n) is 2.69. The van der Waals surface area contributed by atoms with Gasteiger partial charge in [-0.15, -0.1) is 0 Å². The molecule has 0 heterocycles. The Bertz CT molecular complexity index is 276. The van der Waals surface area contributed by atoms with Crippen LogP contribution in [0, 0.1) is 0 Å². The summed E-state index contributed by atoms with van der Waals surface area (Å²) in [6, 6.07) is -0.00706. The zero-order chi connectivity index (χ0) is 12.2. The first-order valence-electron chi connectivity index (χ1n) is 5.69. The summed E-state index contributed by atoms with van der Waals surface area (Å²) in [6.07, 6.45) is 3.42.